The van der Waals surface area contributed by atoms with Gasteiger partial charge in [-0.2, -0.15) is 5.10 Å². The van der Waals surface area contributed by atoms with Gasteiger partial charge in [-0.15, -0.1) is 11.3 Å². The van der Waals surface area contributed by atoms with Crippen LogP contribution in [-0.4, -0.2) is 25.1 Å². The molecule has 8 heteroatoms. The van der Waals surface area contributed by atoms with Gasteiger partial charge in [-0.05, 0) is 18.3 Å². The van der Waals surface area contributed by atoms with Gasteiger partial charge >= 0.3 is 0 Å². The smallest absolute Gasteiger partial charge is 0.229 e. The summed E-state index contributed by atoms with van der Waals surface area (Å²) in [5, 5.41) is 11.0. The number of anilines is 2. The molecule has 118 valence electrons. The van der Waals surface area contributed by atoms with Crippen LogP contribution in [0, 0.1) is 11.2 Å². The predicted molar refractivity (Wildman–Crippen MR) is 86.2 cm³/mol. The molecule has 1 aliphatic rings. The summed E-state index contributed by atoms with van der Waals surface area (Å²) in [5.74, 6) is -0.128. The van der Waals surface area contributed by atoms with Crippen molar-refractivity contribution in [2.45, 2.75) is 26.7 Å². The Morgan fingerprint density at radius 3 is 2.78 bits per heavy atom. The van der Waals surface area contributed by atoms with Gasteiger partial charge in [0.25, 0.3) is 0 Å². The topological polar surface area (TPSA) is 79.4 Å². The van der Waals surface area contributed by atoms with Gasteiger partial charge < -0.3 is 5.32 Å². The number of thiazole rings is 1. The van der Waals surface area contributed by atoms with E-state index < -0.39 is 5.82 Å². The third-order valence-electron chi connectivity index (χ3n) is 3.80. The Balaban J connectivity index is 1.72. The first-order valence-corrected chi connectivity index (χ1v) is 8.09. The molecule has 0 unspecified atom stereocenters. The average molecular weight is 330 g/mol. The van der Waals surface area contributed by atoms with E-state index in [4.69, 9.17) is 0 Å². The third-order valence-corrected chi connectivity index (χ3v) is 4.78. The molecule has 0 aliphatic heterocycles. The van der Waals surface area contributed by atoms with E-state index in [1.807, 2.05) is 6.20 Å². The van der Waals surface area contributed by atoms with Crippen molar-refractivity contribution in [2.24, 2.45) is 5.41 Å². The maximum atomic E-state index is 12.9. The summed E-state index contributed by atoms with van der Waals surface area (Å²) >= 11 is 1.58. The van der Waals surface area contributed by atoms with Crippen LogP contribution in [0.4, 0.5) is 15.5 Å². The molecular weight excluding hydrogens is 315 g/mol. The fraction of sp³-hybridized carbons (Fsp3) is 0.333. The van der Waals surface area contributed by atoms with E-state index in [2.05, 4.69) is 44.3 Å². The second-order valence-electron chi connectivity index (χ2n) is 6.42. The minimum absolute atomic E-state index is 0.128. The number of rotatable bonds is 2. The van der Waals surface area contributed by atoms with E-state index in [-0.39, 0.29) is 5.41 Å². The van der Waals surface area contributed by atoms with Crippen LogP contribution >= 0.6 is 11.3 Å². The Morgan fingerprint density at radius 1 is 1.22 bits per heavy atom. The van der Waals surface area contributed by atoms with Crippen LogP contribution in [0.1, 0.15) is 24.4 Å². The highest BCUT2D eigenvalue weighted by molar-refractivity contribution is 7.16. The fourth-order valence-electron chi connectivity index (χ4n) is 2.84. The number of H-pyrrole nitrogens is 1. The quantitative estimate of drug-likeness (QED) is 0.753. The highest BCUT2D eigenvalue weighted by Gasteiger charge is 2.30. The zero-order valence-electron chi connectivity index (χ0n) is 12.7. The van der Waals surface area contributed by atoms with Crippen LogP contribution < -0.4 is 5.32 Å². The van der Waals surface area contributed by atoms with Crippen LogP contribution in [-0.2, 0) is 12.8 Å². The maximum absolute atomic E-state index is 12.9. The van der Waals surface area contributed by atoms with Gasteiger partial charge in [-0.3, -0.25) is 5.10 Å². The zero-order chi connectivity index (χ0) is 16.0. The molecule has 4 rings (SSSR count). The number of fused-ring (bicyclic) bond motifs is 3. The fourth-order valence-corrected chi connectivity index (χ4v) is 4.06. The van der Waals surface area contributed by atoms with Crippen molar-refractivity contribution in [3.63, 3.8) is 0 Å². The SMILES string of the molecule is CC1(C)Cc2[nH]ncc2-c2nc(Nc3ncc(F)cn3)sc2C1. The third kappa shape index (κ3) is 2.70. The second kappa shape index (κ2) is 5.09. The lowest BCUT2D eigenvalue weighted by Crippen LogP contribution is -2.16. The molecule has 3 aromatic rings. The van der Waals surface area contributed by atoms with Gasteiger partial charge in [0.2, 0.25) is 5.95 Å². The summed E-state index contributed by atoms with van der Waals surface area (Å²) in [5.41, 5.74) is 3.25. The molecule has 1 aliphatic carbocycles. The molecule has 3 aromatic heterocycles. The molecule has 0 atom stereocenters. The Kier molecular flexibility index (Phi) is 3.15. The monoisotopic (exact) mass is 330 g/mol. The van der Waals surface area contributed by atoms with Gasteiger partial charge in [0.15, 0.2) is 10.9 Å². The van der Waals surface area contributed by atoms with E-state index in [0.29, 0.717) is 11.1 Å². The molecule has 0 saturated heterocycles. The van der Waals surface area contributed by atoms with Gasteiger partial charge in [0.05, 0.1) is 24.3 Å². The Morgan fingerprint density at radius 2 is 2.00 bits per heavy atom. The van der Waals surface area contributed by atoms with Crippen molar-refractivity contribution >= 4 is 22.4 Å². The first-order valence-electron chi connectivity index (χ1n) is 7.27. The van der Waals surface area contributed by atoms with E-state index in [0.717, 1.165) is 42.2 Å². The summed E-state index contributed by atoms with van der Waals surface area (Å²) in [7, 11) is 0. The first-order chi connectivity index (χ1) is 11.0. The van der Waals surface area contributed by atoms with Crippen molar-refractivity contribution < 1.29 is 4.39 Å². The van der Waals surface area contributed by atoms with Crippen molar-refractivity contribution in [2.75, 3.05) is 5.32 Å². The van der Waals surface area contributed by atoms with Gasteiger partial charge in [-0.1, -0.05) is 13.8 Å². The van der Waals surface area contributed by atoms with E-state index in [1.165, 1.54) is 4.88 Å². The van der Waals surface area contributed by atoms with Crippen molar-refractivity contribution in [3.8, 4) is 11.3 Å². The normalized spacial score (nSPS) is 15.6. The minimum Gasteiger partial charge on any atom is -0.300 e. The number of nitrogens with zero attached hydrogens (tertiary/aromatic N) is 4. The van der Waals surface area contributed by atoms with E-state index >= 15 is 0 Å². The molecule has 0 bridgehead atoms. The van der Waals surface area contributed by atoms with Gasteiger partial charge in [0, 0.05) is 16.1 Å². The molecule has 2 N–H and O–H groups in total. The largest absolute Gasteiger partial charge is 0.300 e. The number of aromatic amines is 1. The number of aromatic nitrogens is 5. The molecule has 0 radical (unpaired) electrons. The lowest BCUT2D eigenvalue weighted by molar-refractivity contribution is 0.362. The average Bonchev–Trinajstić information content (AvgIpc) is 3.05. The summed E-state index contributed by atoms with van der Waals surface area (Å²) < 4.78 is 12.9. The van der Waals surface area contributed by atoms with Gasteiger partial charge in [-0.25, -0.2) is 19.3 Å². The molecular formula is C15H15FN6S. The predicted octanol–water partition coefficient (Wildman–Crippen LogP) is 3.33. The summed E-state index contributed by atoms with van der Waals surface area (Å²) in [6.45, 7) is 4.48. The highest BCUT2D eigenvalue weighted by atomic mass is 32.1. The molecule has 0 fully saturated rings. The summed E-state index contributed by atoms with van der Waals surface area (Å²) in [4.78, 5) is 13.7. The van der Waals surface area contributed by atoms with Crippen molar-refractivity contribution in [3.05, 3.63) is 35.0 Å². The van der Waals surface area contributed by atoms with Crippen molar-refractivity contribution in [1.29, 1.82) is 0 Å². The molecule has 3 heterocycles. The molecule has 0 amide bonds. The Hall–Kier alpha value is -2.35. The zero-order valence-corrected chi connectivity index (χ0v) is 13.5. The summed E-state index contributed by atoms with van der Waals surface area (Å²) in [6, 6.07) is 0. The van der Waals surface area contributed by atoms with E-state index in [1.54, 1.807) is 11.3 Å². The van der Waals surface area contributed by atoms with Crippen molar-refractivity contribution in [1.82, 2.24) is 25.1 Å². The maximum Gasteiger partial charge on any atom is 0.229 e. The summed E-state index contributed by atoms with van der Waals surface area (Å²) in [6.07, 6.45) is 5.97. The Bertz CT molecular complexity index is 851. The lowest BCUT2D eigenvalue weighted by atomic mass is 9.85. The number of hydrogen-bond acceptors (Lipinski definition) is 6. The standard InChI is InChI=1S/C15H15FN6S/c1-15(2)3-10-9(7-19-22-10)12-11(4-15)23-14(20-12)21-13-17-5-8(16)6-18-13/h5-7H,3-4H2,1-2H3,(H,19,22)(H,17,18,20,21). The van der Waals surface area contributed by atoms with Crippen LogP contribution in [0.5, 0.6) is 0 Å². The van der Waals surface area contributed by atoms with Crippen LogP contribution in [0.15, 0.2) is 18.6 Å². The molecule has 6 nitrogen and oxygen atoms in total. The number of nitrogens with one attached hydrogen (secondary N) is 2. The molecule has 0 aromatic carbocycles. The minimum atomic E-state index is -0.463. The van der Waals surface area contributed by atoms with Crippen LogP contribution in [0.2, 0.25) is 0 Å². The molecule has 0 saturated carbocycles. The van der Waals surface area contributed by atoms with Crippen LogP contribution in [0.25, 0.3) is 11.3 Å². The highest BCUT2D eigenvalue weighted by Crippen LogP contribution is 2.42. The number of halogens is 1. The number of hydrogen-bond donors (Lipinski definition) is 2. The van der Waals surface area contributed by atoms with E-state index in [9.17, 15) is 4.39 Å². The lowest BCUT2D eigenvalue weighted by Gasteiger charge is -2.21. The van der Waals surface area contributed by atoms with Crippen LogP contribution in [0.3, 0.4) is 0 Å². The first kappa shape index (κ1) is 14.3. The van der Waals surface area contributed by atoms with Gasteiger partial charge in [0.1, 0.15) is 0 Å². The molecule has 23 heavy (non-hydrogen) atoms. The molecule has 0 spiro atoms. The Labute approximate surface area is 136 Å². The second-order valence-corrected chi connectivity index (χ2v) is 7.50.